The van der Waals surface area contributed by atoms with Crippen LogP contribution in [0.4, 0.5) is 15.8 Å². The highest BCUT2D eigenvalue weighted by Crippen LogP contribution is 2.27. The molecule has 0 radical (unpaired) electrons. The Morgan fingerprint density at radius 1 is 1.10 bits per heavy atom. The summed E-state index contributed by atoms with van der Waals surface area (Å²) >= 11 is 6.14. The summed E-state index contributed by atoms with van der Waals surface area (Å²) in [6, 6.07) is 17.2. The van der Waals surface area contributed by atoms with Crippen molar-refractivity contribution in [1.82, 2.24) is 14.7 Å². The molecule has 0 spiro atoms. The quantitative estimate of drug-likeness (QED) is 0.304. The molecule has 4 aromatic rings. The molecule has 1 aliphatic heterocycles. The highest BCUT2D eigenvalue weighted by Gasteiger charge is 2.25. The molecular formula is C30H33ClFN5O2. The zero-order valence-corrected chi connectivity index (χ0v) is 23.2. The molecule has 0 bridgehead atoms. The van der Waals surface area contributed by atoms with E-state index in [9.17, 15) is 4.79 Å². The Bertz CT molecular complexity index is 1470. The number of pyridine rings is 1. The van der Waals surface area contributed by atoms with Crippen molar-refractivity contribution in [2.45, 2.75) is 39.8 Å². The number of benzene rings is 2. The van der Waals surface area contributed by atoms with Gasteiger partial charge in [0.2, 0.25) is 0 Å². The fourth-order valence-electron chi connectivity index (χ4n) is 5.17. The van der Waals surface area contributed by atoms with Crippen LogP contribution in [0.2, 0.25) is 5.02 Å². The van der Waals surface area contributed by atoms with Crippen LogP contribution >= 0.6 is 11.6 Å². The van der Waals surface area contributed by atoms with Crippen molar-refractivity contribution < 1.29 is 13.9 Å². The topological polar surface area (TPSA) is 62.1 Å². The number of hydrogen-bond donors (Lipinski definition) is 1. The highest BCUT2D eigenvalue weighted by atomic mass is 35.5. The van der Waals surface area contributed by atoms with Crippen LogP contribution < -0.4 is 19.9 Å². The number of carbonyl (C=O) groups excluding carboxylic acids is 1. The SMILES string of the molecule is CCOc1ccc(N2CCN(c3ccc(CNC(=O)c4c(CC)nc5ccc(Cl)cn45)c(F)c3)C[C@@H]2C)cc1. The smallest absolute Gasteiger partial charge is 0.270 e. The lowest BCUT2D eigenvalue weighted by atomic mass is 10.1. The molecule has 1 aliphatic rings. The van der Waals surface area contributed by atoms with Gasteiger partial charge in [0.15, 0.2) is 0 Å². The molecule has 1 N–H and O–H groups in total. The second kappa shape index (κ2) is 11.5. The number of ether oxygens (including phenoxy) is 1. The monoisotopic (exact) mass is 549 g/mol. The summed E-state index contributed by atoms with van der Waals surface area (Å²) in [7, 11) is 0. The predicted octanol–water partition coefficient (Wildman–Crippen LogP) is 5.73. The van der Waals surface area contributed by atoms with Crippen LogP contribution in [0.3, 0.4) is 0 Å². The zero-order chi connectivity index (χ0) is 27.5. The van der Waals surface area contributed by atoms with E-state index in [0.717, 1.165) is 36.8 Å². The Hall–Kier alpha value is -3.78. The van der Waals surface area contributed by atoms with Gasteiger partial charge in [0.1, 0.15) is 22.9 Å². The van der Waals surface area contributed by atoms with Crippen LogP contribution in [-0.2, 0) is 13.0 Å². The third kappa shape index (κ3) is 5.66. The Labute approximate surface area is 233 Å². The lowest BCUT2D eigenvalue weighted by Crippen LogP contribution is -2.52. The fourth-order valence-corrected chi connectivity index (χ4v) is 5.33. The molecule has 2 aromatic carbocycles. The average Bonchev–Trinajstić information content (AvgIpc) is 3.30. The van der Waals surface area contributed by atoms with Gasteiger partial charge in [0, 0.05) is 55.4 Å². The molecule has 9 heteroatoms. The third-order valence-corrected chi connectivity index (χ3v) is 7.38. The maximum atomic E-state index is 15.2. The molecule has 2 aromatic heterocycles. The first kappa shape index (κ1) is 26.8. The Morgan fingerprint density at radius 2 is 1.87 bits per heavy atom. The molecule has 7 nitrogen and oxygen atoms in total. The van der Waals surface area contributed by atoms with Crippen molar-refractivity contribution in [3.8, 4) is 5.75 Å². The van der Waals surface area contributed by atoms with Crippen molar-refractivity contribution in [3.05, 3.63) is 88.6 Å². The number of aromatic nitrogens is 2. The molecule has 1 atom stereocenters. The number of aryl methyl sites for hydroxylation is 1. The van der Waals surface area contributed by atoms with E-state index in [4.69, 9.17) is 16.3 Å². The third-order valence-electron chi connectivity index (χ3n) is 7.15. The van der Waals surface area contributed by atoms with Crippen LogP contribution in [-0.4, -0.2) is 47.6 Å². The Morgan fingerprint density at radius 3 is 2.56 bits per heavy atom. The predicted molar refractivity (Wildman–Crippen MR) is 154 cm³/mol. The van der Waals surface area contributed by atoms with E-state index in [2.05, 4.69) is 39.2 Å². The Balaban J connectivity index is 1.23. The van der Waals surface area contributed by atoms with Gasteiger partial charge in [-0.15, -0.1) is 0 Å². The number of anilines is 2. The summed E-state index contributed by atoms with van der Waals surface area (Å²) in [6.45, 7) is 9.21. The molecule has 1 amide bonds. The summed E-state index contributed by atoms with van der Waals surface area (Å²) in [4.78, 5) is 22.2. The van der Waals surface area contributed by atoms with Crippen molar-refractivity contribution in [2.75, 3.05) is 36.0 Å². The molecule has 0 aliphatic carbocycles. The molecule has 204 valence electrons. The molecule has 0 unspecified atom stereocenters. The first-order valence-electron chi connectivity index (χ1n) is 13.4. The first-order valence-corrected chi connectivity index (χ1v) is 13.7. The average molecular weight is 550 g/mol. The van der Waals surface area contributed by atoms with Crippen molar-refractivity contribution in [2.24, 2.45) is 0 Å². The minimum Gasteiger partial charge on any atom is -0.494 e. The van der Waals surface area contributed by atoms with Gasteiger partial charge >= 0.3 is 0 Å². The van der Waals surface area contributed by atoms with Crippen LogP contribution in [0, 0.1) is 5.82 Å². The molecule has 5 rings (SSSR count). The lowest BCUT2D eigenvalue weighted by Gasteiger charge is -2.42. The molecule has 3 heterocycles. The first-order chi connectivity index (χ1) is 18.9. The number of rotatable bonds is 8. The zero-order valence-electron chi connectivity index (χ0n) is 22.5. The van der Waals surface area contributed by atoms with Crippen molar-refractivity contribution >= 4 is 34.5 Å². The molecule has 39 heavy (non-hydrogen) atoms. The number of fused-ring (bicyclic) bond motifs is 1. The Kier molecular flexibility index (Phi) is 7.93. The van der Waals surface area contributed by atoms with E-state index in [-0.39, 0.29) is 24.3 Å². The molecule has 1 saturated heterocycles. The number of carbonyl (C=O) groups is 1. The summed E-state index contributed by atoms with van der Waals surface area (Å²) in [6.07, 6.45) is 2.26. The second-order valence-corrected chi connectivity index (χ2v) is 10.1. The summed E-state index contributed by atoms with van der Waals surface area (Å²) in [5.74, 6) is 0.212. The molecule has 1 fully saturated rings. The number of nitrogens with zero attached hydrogens (tertiary/aromatic N) is 4. The molecular weight excluding hydrogens is 517 g/mol. The number of hydrogen-bond acceptors (Lipinski definition) is 5. The van der Waals surface area contributed by atoms with Gasteiger partial charge in [0.05, 0.1) is 17.3 Å². The van der Waals surface area contributed by atoms with Crippen LogP contribution in [0.5, 0.6) is 5.75 Å². The van der Waals surface area contributed by atoms with Gasteiger partial charge < -0.3 is 19.9 Å². The minimum absolute atomic E-state index is 0.0732. The number of halogens is 2. The standard InChI is InChI=1S/C30H33ClFN5O2/c1-4-27-29(37-19-22(31)7-13-28(37)34-27)30(38)33-17-21-6-8-24(16-26(21)32)35-14-15-36(20(3)18-35)23-9-11-25(12-10-23)39-5-2/h6-13,16,19-20H,4-5,14-15,17-18H2,1-3H3,(H,33,38)/t20-/m0/s1. The summed E-state index contributed by atoms with van der Waals surface area (Å²) in [5.41, 5.74) is 4.16. The van der Waals surface area contributed by atoms with E-state index >= 15 is 4.39 Å². The van der Waals surface area contributed by atoms with E-state index in [1.54, 1.807) is 34.9 Å². The highest BCUT2D eigenvalue weighted by molar-refractivity contribution is 6.30. The van der Waals surface area contributed by atoms with E-state index < -0.39 is 0 Å². The van der Waals surface area contributed by atoms with Gasteiger partial charge in [0.25, 0.3) is 5.91 Å². The van der Waals surface area contributed by atoms with Gasteiger partial charge in [-0.3, -0.25) is 9.20 Å². The number of imidazole rings is 1. The van der Waals surface area contributed by atoms with E-state index in [1.807, 2.05) is 32.0 Å². The normalized spacial score (nSPS) is 15.6. The van der Waals surface area contributed by atoms with Gasteiger partial charge in [-0.05, 0) is 68.8 Å². The lowest BCUT2D eigenvalue weighted by molar-refractivity contribution is 0.0943. The summed E-state index contributed by atoms with van der Waals surface area (Å²) in [5, 5.41) is 3.37. The van der Waals surface area contributed by atoms with Gasteiger partial charge in [-0.25, -0.2) is 9.37 Å². The maximum Gasteiger partial charge on any atom is 0.270 e. The number of amides is 1. The van der Waals surface area contributed by atoms with E-state index in [1.165, 1.54) is 0 Å². The van der Waals surface area contributed by atoms with Crippen LogP contribution in [0.1, 0.15) is 42.5 Å². The van der Waals surface area contributed by atoms with Crippen molar-refractivity contribution in [1.29, 1.82) is 0 Å². The van der Waals surface area contributed by atoms with Gasteiger partial charge in [-0.2, -0.15) is 0 Å². The van der Waals surface area contributed by atoms with Gasteiger partial charge in [-0.1, -0.05) is 24.6 Å². The number of piperazine rings is 1. The fraction of sp³-hybridized carbons (Fsp3) is 0.333. The van der Waals surface area contributed by atoms with Crippen LogP contribution in [0.15, 0.2) is 60.8 Å². The molecule has 0 saturated carbocycles. The minimum atomic E-state index is -0.341. The van der Waals surface area contributed by atoms with E-state index in [0.29, 0.717) is 40.6 Å². The maximum absolute atomic E-state index is 15.2. The summed E-state index contributed by atoms with van der Waals surface area (Å²) < 4.78 is 22.4. The largest absolute Gasteiger partial charge is 0.494 e. The second-order valence-electron chi connectivity index (χ2n) is 9.71. The van der Waals surface area contributed by atoms with Crippen molar-refractivity contribution in [3.63, 3.8) is 0 Å². The number of nitrogens with one attached hydrogen (secondary N) is 1. The van der Waals surface area contributed by atoms with Crippen LogP contribution in [0.25, 0.3) is 5.65 Å².